The van der Waals surface area contributed by atoms with Gasteiger partial charge in [-0.3, -0.25) is 4.79 Å². The minimum Gasteiger partial charge on any atom is -0.478 e. The summed E-state index contributed by atoms with van der Waals surface area (Å²) in [6.07, 6.45) is 2.04. The molecule has 1 aromatic rings. The molecule has 1 aliphatic rings. The van der Waals surface area contributed by atoms with Gasteiger partial charge in [0.05, 0.1) is 5.56 Å². The number of benzene rings is 1. The van der Waals surface area contributed by atoms with Gasteiger partial charge in [-0.25, -0.2) is 4.79 Å². The van der Waals surface area contributed by atoms with Gasteiger partial charge in [-0.05, 0) is 36.5 Å². The summed E-state index contributed by atoms with van der Waals surface area (Å²) >= 11 is 0. The second-order valence-electron chi connectivity index (χ2n) is 5.36. The largest absolute Gasteiger partial charge is 0.478 e. The zero-order chi connectivity index (χ0) is 14.0. The van der Waals surface area contributed by atoms with Crippen molar-refractivity contribution in [2.75, 3.05) is 11.4 Å². The van der Waals surface area contributed by atoms with E-state index in [1.807, 2.05) is 19.9 Å². The van der Waals surface area contributed by atoms with Crippen molar-refractivity contribution in [1.29, 1.82) is 0 Å². The average Bonchev–Trinajstić information content (AvgIpc) is 2.36. The molecule has 102 valence electrons. The van der Waals surface area contributed by atoms with Crippen LogP contribution in [0.25, 0.3) is 0 Å². The Kier molecular flexibility index (Phi) is 3.88. The van der Waals surface area contributed by atoms with Gasteiger partial charge in [-0.1, -0.05) is 19.9 Å². The first-order valence-corrected chi connectivity index (χ1v) is 6.66. The second kappa shape index (κ2) is 5.43. The fourth-order valence-corrected chi connectivity index (χ4v) is 2.54. The quantitative estimate of drug-likeness (QED) is 0.910. The summed E-state index contributed by atoms with van der Waals surface area (Å²) in [5.41, 5.74) is 1.88. The maximum absolute atomic E-state index is 12.2. The van der Waals surface area contributed by atoms with Crippen LogP contribution in [-0.2, 0) is 11.2 Å². The number of hydrogen-bond donors (Lipinski definition) is 1. The van der Waals surface area contributed by atoms with Crippen molar-refractivity contribution in [3.8, 4) is 0 Å². The van der Waals surface area contributed by atoms with Crippen LogP contribution in [0.1, 0.15) is 42.6 Å². The number of hydrogen-bond acceptors (Lipinski definition) is 2. The van der Waals surface area contributed by atoms with Crippen LogP contribution in [-0.4, -0.2) is 23.5 Å². The van der Waals surface area contributed by atoms with Gasteiger partial charge in [-0.15, -0.1) is 0 Å². The van der Waals surface area contributed by atoms with E-state index in [1.165, 1.54) is 0 Å². The van der Waals surface area contributed by atoms with E-state index < -0.39 is 5.97 Å². The number of nitrogens with zero attached hydrogens (tertiary/aromatic N) is 1. The average molecular weight is 261 g/mol. The molecule has 19 heavy (non-hydrogen) atoms. The normalized spacial score (nSPS) is 14.4. The highest BCUT2D eigenvalue weighted by Crippen LogP contribution is 2.30. The maximum atomic E-state index is 12.2. The van der Waals surface area contributed by atoms with Crippen molar-refractivity contribution in [3.05, 3.63) is 29.3 Å². The standard InChI is InChI=1S/C15H19NO3/c1-10(2)9-14(17)16-8-4-6-11-12(15(18)19)5-3-7-13(11)16/h3,5,7,10H,4,6,8-9H2,1-2H3,(H,18,19). The van der Waals surface area contributed by atoms with E-state index in [-0.39, 0.29) is 5.91 Å². The summed E-state index contributed by atoms with van der Waals surface area (Å²) in [5, 5.41) is 9.21. The summed E-state index contributed by atoms with van der Waals surface area (Å²) in [6, 6.07) is 5.17. The zero-order valence-corrected chi connectivity index (χ0v) is 11.3. The number of anilines is 1. The van der Waals surface area contributed by atoms with Gasteiger partial charge in [0.2, 0.25) is 5.91 Å². The fourth-order valence-electron chi connectivity index (χ4n) is 2.54. The Hall–Kier alpha value is -1.84. The first-order valence-electron chi connectivity index (χ1n) is 6.66. The lowest BCUT2D eigenvalue weighted by atomic mass is 9.95. The number of rotatable bonds is 3. The molecular formula is C15H19NO3. The highest BCUT2D eigenvalue weighted by Gasteiger charge is 2.25. The SMILES string of the molecule is CC(C)CC(=O)N1CCCc2c(C(=O)O)cccc21. The zero-order valence-electron chi connectivity index (χ0n) is 11.3. The molecule has 1 amide bonds. The molecule has 0 spiro atoms. The number of carboxylic acids is 1. The molecular weight excluding hydrogens is 242 g/mol. The summed E-state index contributed by atoms with van der Waals surface area (Å²) in [7, 11) is 0. The monoisotopic (exact) mass is 261 g/mol. The van der Waals surface area contributed by atoms with Crippen LogP contribution in [0.4, 0.5) is 5.69 Å². The maximum Gasteiger partial charge on any atom is 0.336 e. The number of amides is 1. The van der Waals surface area contributed by atoms with E-state index >= 15 is 0 Å². The number of aromatic carboxylic acids is 1. The third-order valence-corrected chi connectivity index (χ3v) is 3.36. The molecule has 0 atom stereocenters. The summed E-state index contributed by atoms with van der Waals surface area (Å²) < 4.78 is 0. The van der Waals surface area contributed by atoms with E-state index in [9.17, 15) is 14.7 Å². The van der Waals surface area contributed by atoms with Crippen LogP contribution in [0, 0.1) is 5.92 Å². The van der Waals surface area contributed by atoms with Crippen LogP contribution in [0.5, 0.6) is 0 Å². The molecule has 0 fully saturated rings. The molecule has 1 N–H and O–H groups in total. The highest BCUT2D eigenvalue weighted by atomic mass is 16.4. The molecule has 0 aliphatic carbocycles. The Morgan fingerprint density at radius 1 is 1.37 bits per heavy atom. The number of carbonyl (C=O) groups excluding carboxylic acids is 1. The van der Waals surface area contributed by atoms with Gasteiger partial charge in [0.1, 0.15) is 0 Å². The molecule has 0 unspecified atom stereocenters. The van der Waals surface area contributed by atoms with Gasteiger partial charge in [0, 0.05) is 18.7 Å². The molecule has 1 aromatic carbocycles. The molecule has 0 radical (unpaired) electrons. The minimum absolute atomic E-state index is 0.0819. The lowest BCUT2D eigenvalue weighted by Gasteiger charge is -2.30. The molecule has 4 nitrogen and oxygen atoms in total. The Bertz CT molecular complexity index is 508. The van der Waals surface area contributed by atoms with E-state index in [0.717, 1.165) is 24.1 Å². The molecule has 0 saturated heterocycles. The van der Waals surface area contributed by atoms with Gasteiger partial charge in [-0.2, -0.15) is 0 Å². The molecule has 0 saturated carbocycles. The van der Waals surface area contributed by atoms with Gasteiger partial charge < -0.3 is 10.0 Å². The smallest absolute Gasteiger partial charge is 0.336 e. The minimum atomic E-state index is -0.921. The third kappa shape index (κ3) is 2.78. The second-order valence-corrected chi connectivity index (χ2v) is 5.36. The molecule has 2 rings (SSSR count). The van der Waals surface area contributed by atoms with Crippen LogP contribution >= 0.6 is 0 Å². The van der Waals surface area contributed by atoms with Crippen molar-refractivity contribution in [2.45, 2.75) is 33.1 Å². The highest BCUT2D eigenvalue weighted by molar-refractivity contribution is 5.98. The van der Waals surface area contributed by atoms with Gasteiger partial charge in [0.15, 0.2) is 0 Å². The van der Waals surface area contributed by atoms with Crippen LogP contribution in [0.2, 0.25) is 0 Å². The third-order valence-electron chi connectivity index (χ3n) is 3.36. The molecule has 1 heterocycles. The first kappa shape index (κ1) is 13.6. The Morgan fingerprint density at radius 3 is 2.74 bits per heavy atom. The Labute approximate surface area is 113 Å². The number of carbonyl (C=O) groups is 2. The molecule has 4 heteroatoms. The van der Waals surface area contributed by atoms with Crippen LogP contribution < -0.4 is 4.90 Å². The number of fused-ring (bicyclic) bond motifs is 1. The Morgan fingerprint density at radius 2 is 2.11 bits per heavy atom. The lowest BCUT2D eigenvalue weighted by molar-refractivity contribution is -0.119. The van der Waals surface area contributed by atoms with Crippen LogP contribution in [0.3, 0.4) is 0 Å². The van der Waals surface area contributed by atoms with Crippen molar-refractivity contribution in [2.24, 2.45) is 5.92 Å². The molecule has 1 aliphatic heterocycles. The summed E-state index contributed by atoms with van der Waals surface area (Å²) in [6.45, 7) is 4.70. The van der Waals surface area contributed by atoms with Crippen molar-refractivity contribution in [3.63, 3.8) is 0 Å². The van der Waals surface area contributed by atoms with Crippen molar-refractivity contribution in [1.82, 2.24) is 0 Å². The van der Waals surface area contributed by atoms with Gasteiger partial charge >= 0.3 is 5.97 Å². The first-order chi connectivity index (χ1) is 9.00. The van der Waals surface area contributed by atoms with E-state index in [1.54, 1.807) is 17.0 Å². The number of carboxylic acid groups (broad SMARTS) is 1. The van der Waals surface area contributed by atoms with Crippen molar-refractivity contribution < 1.29 is 14.7 Å². The van der Waals surface area contributed by atoms with Crippen LogP contribution in [0.15, 0.2) is 18.2 Å². The van der Waals surface area contributed by atoms with Crippen molar-refractivity contribution >= 4 is 17.6 Å². The summed E-state index contributed by atoms with van der Waals surface area (Å²) in [5.74, 6) is -0.533. The predicted molar refractivity (Wildman–Crippen MR) is 73.5 cm³/mol. The van der Waals surface area contributed by atoms with E-state index in [4.69, 9.17) is 0 Å². The molecule has 0 bridgehead atoms. The topological polar surface area (TPSA) is 57.6 Å². The van der Waals surface area contributed by atoms with Gasteiger partial charge in [0.25, 0.3) is 0 Å². The fraction of sp³-hybridized carbons (Fsp3) is 0.467. The Balaban J connectivity index is 2.37. The molecule has 0 aromatic heterocycles. The lowest BCUT2D eigenvalue weighted by Crippen LogP contribution is -2.36. The van der Waals surface area contributed by atoms with E-state index in [2.05, 4.69) is 0 Å². The summed E-state index contributed by atoms with van der Waals surface area (Å²) in [4.78, 5) is 25.2. The predicted octanol–water partition coefficient (Wildman–Crippen LogP) is 2.71. The van der Waals surface area contributed by atoms with E-state index in [0.29, 0.717) is 24.4 Å².